The van der Waals surface area contributed by atoms with E-state index in [-0.39, 0.29) is 6.04 Å². The molecule has 1 fully saturated rings. The zero-order valence-corrected chi connectivity index (χ0v) is 13.3. The molecule has 0 aromatic heterocycles. The average molecular weight is 274 g/mol. The normalized spacial score (nSPS) is 18.2. The molecule has 0 spiro atoms. The van der Waals surface area contributed by atoms with Crippen LogP contribution in [0.25, 0.3) is 0 Å². The Labute approximate surface area is 124 Å². The second-order valence-electron chi connectivity index (χ2n) is 6.30. The van der Waals surface area contributed by atoms with E-state index in [1.807, 2.05) is 0 Å². The fourth-order valence-electron chi connectivity index (χ4n) is 2.86. The van der Waals surface area contributed by atoms with E-state index in [1.54, 1.807) is 0 Å². The smallest absolute Gasteiger partial charge is 0.0450 e. The molecule has 2 unspecified atom stereocenters. The van der Waals surface area contributed by atoms with Crippen molar-refractivity contribution in [3.05, 3.63) is 35.4 Å². The van der Waals surface area contributed by atoms with Crippen molar-refractivity contribution >= 4 is 0 Å². The lowest BCUT2D eigenvalue weighted by molar-refractivity contribution is 0.176. The average Bonchev–Trinajstić information content (AvgIpc) is 3.29. The van der Waals surface area contributed by atoms with E-state index in [9.17, 15) is 0 Å². The first-order valence-electron chi connectivity index (χ1n) is 8.24. The quantitative estimate of drug-likeness (QED) is 0.782. The number of rotatable bonds is 8. The Balaban J connectivity index is 2.01. The lowest BCUT2D eigenvalue weighted by atomic mass is 9.98. The first kappa shape index (κ1) is 15.5. The van der Waals surface area contributed by atoms with Gasteiger partial charge < -0.3 is 5.73 Å². The Morgan fingerprint density at radius 1 is 1.20 bits per heavy atom. The third kappa shape index (κ3) is 4.07. The third-order valence-electron chi connectivity index (χ3n) is 4.57. The van der Waals surface area contributed by atoms with Crippen LogP contribution in [-0.2, 0) is 6.42 Å². The molecule has 2 rings (SSSR count). The molecule has 2 nitrogen and oxygen atoms in total. The summed E-state index contributed by atoms with van der Waals surface area (Å²) in [6.07, 6.45) is 5.12. The Kier molecular flexibility index (Phi) is 5.62. The van der Waals surface area contributed by atoms with Crippen molar-refractivity contribution in [1.29, 1.82) is 0 Å². The van der Waals surface area contributed by atoms with Gasteiger partial charge in [0, 0.05) is 18.6 Å². The summed E-state index contributed by atoms with van der Waals surface area (Å²) in [5, 5.41) is 0. The number of hydrogen-bond donors (Lipinski definition) is 1. The van der Waals surface area contributed by atoms with Crippen molar-refractivity contribution < 1.29 is 0 Å². The minimum absolute atomic E-state index is 0.117. The van der Waals surface area contributed by atoms with Gasteiger partial charge in [-0.05, 0) is 56.2 Å². The molecular weight excluding hydrogens is 244 g/mol. The molecule has 0 heterocycles. The summed E-state index contributed by atoms with van der Waals surface area (Å²) in [6, 6.07) is 9.39. The number of benzene rings is 1. The van der Waals surface area contributed by atoms with Gasteiger partial charge in [0.25, 0.3) is 0 Å². The summed E-state index contributed by atoms with van der Waals surface area (Å²) < 4.78 is 0. The first-order chi connectivity index (χ1) is 9.65. The van der Waals surface area contributed by atoms with Crippen LogP contribution in [0, 0.1) is 5.92 Å². The molecule has 2 heteroatoms. The minimum atomic E-state index is 0.117. The van der Waals surface area contributed by atoms with Crippen LogP contribution >= 0.6 is 0 Å². The van der Waals surface area contributed by atoms with Crippen molar-refractivity contribution in [3.8, 4) is 0 Å². The number of nitrogens with zero attached hydrogens (tertiary/aromatic N) is 1. The first-order valence-corrected chi connectivity index (χ1v) is 8.24. The van der Waals surface area contributed by atoms with Crippen LogP contribution in [0.15, 0.2) is 24.3 Å². The van der Waals surface area contributed by atoms with Crippen LogP contribution < -0.4 is 5.73 Å². The minimum Gasteiger partial charge on any atom is -0.323 e. The van der Waals surface area contributed by atoms with Gasteiger partial charge in [-0.1, -0.05) is 38.1 Å². The zero-order chi connectivity index (χ0) is 14.5. The predicted molar refractivity (Wildman–Crippen MR) is 86.8 cm³/mol. The maximum absolute atomic E-state index is 6.52. The number of aryl methyl sites for hydroxylation is 1. The lowest BCUT2D eigenvalue weighted by Gasteiger charge is -2.33. The highest BCUT2D eigenvalue weighted by Gasteiger charge is 2.28. The largest absolute Gasteiger partial charge is 0.323 e. The van der Waals surface area contributed by atoms with Crippen molar-refractivity contribution in [1.82, 2.24) is 4.90 Å². The highest BCUT2D eigenvalue weighted by Crippen LogP contribution is 2.31. The van der Waals surface area contributed by atoms with Crippen LogP contribution in [0.1, 0.15) is 57.2 Å². The van der Waals surface area contributed by atoms with Gasteiger partial charge in [0.15, 0.2) is 0 Å². The Hall–Kier alpha value is -0.860. The maximum atomic E-state index is 6.52. The lowest BCUT2D eigenvalue weighted by Crippen LogP contribution is -2.42. The predicted octanol–water partition coefficient (Wildman–Crippen LogP) is 3.76. The van der Waals surface area contributed by atoms with Crippen molar-refractivity contribution in [2.24, 2.45) is 11.7 Å². The van der Waals surface area contributed by atoms with Crippen molar-refractivity contribution in [2.45, 2.75) is 58.5 Å². The van der Waals surface area contributed by atoms with E-state index in [2.05, 4.69) is 49.9 Å². The molecule has 2 atom stereocenters. The highest BCUT2D eigenvalue weighted by molar-refractivity contribution is 5.25. The summed E-state index contributed by atoms with van der Waals surface area (Å²) in [5.41, 5.74) is 9.17. The summed E-state index contributed by atoms with van der Waals surface area (Å²) in [6.45, 7) is 9.13. The summed E-state index contributed by atoms with van der Waals surface area (Å²) in [7, 11) is 0. The molecule has 1 aliphatic rings. The molecule has 2 N–H and O–H groups in total. The van der Waals surface area contributed by atoms with Crippen LogP contribution in [0.2, 0.25) is 0 Å². The zero-order valence-electron chi connectivity index (χ0n) is 13.3. The number of hydrogen-bond acceptors (Lipinski definition) is 2. The van der Waals surface area contributed by atoms with Gasteiger partial charge in [-0.15, -0.1) is 0 Å². The van der Waals surface area contributed by atoms with Gasteiger partial charge >= 0.3 is 0 Å². The van der Waals surface area contributed by atoms with Crippen LogP contribution in [0.4, 0.5) is 0 Å². The summed E-state index contributed by atoms with van der Waals surface area (Å²) in [4.78, 5) is 2.59. The summed E-state index contributed by atoms with van der Waals surface area (Å²) >= 11 is 0. The molecule has 1 aliphatic carbocycles. The SMILES string of the molecule is CCCN(CC1CC1)C(C)C(N)c1ccc(CC)cc1. The topological polar surface area (TPSA) is 29.3 Å². The fourth-order valence-corrected chi connectivity index (χ4v) is 2.86. The molecule has 0 amide bonds. The molecule has 112 valence electrons. The Morgan fingerprint density at radius 2 is 1.85 bits per heavy atom. The third-order valence-corrected chi connectivity index (χ3v) is 4.57. The molecule has 0 aliphatic heterocycles. The molecule has 1 aromatic carbocycles. The number of nitrogens with two attached hydrogens (primary N) is 1. The van der Waals surface area contributed by atoms with E-state index < -0.39 is 0 Å². The highest BCUT2D eigenvalue weighted by atomic mass is 15.2. The van der Waals surface area contributed by atoms with Crippen LogP contribution in [0.3, 0.4) is 0 Å². The van der Waals surface area contributed by atoms with Gasteiger partial charge in [0.2, 0.25) is 0 Å². The van der Waals surface area contributed by atoms with E-state index in [0.29, 0.717) is 6.04 Å². The Morgan fingerprint density at radius 3 is 2.35 bits per heavy atom. The molecule has 0 radical (unpaired) electrons. The standard InChI is InChI=1S/C18H30N2/c1-4-12-20(13-16-6-7-16)14(3)18(19)17-10-8-15(5-2)9-11-17/h8-11,14,16,18H,4-7,12-13,19H2,1-3H3. The summed E-state index contributed by atoms with van der Waals surface area (Å²) in [5.74, 6) is 0.929. The van der Waals surface area contributed by atoms with Gasteiger partial charge in [-0.3, -0.25) is 4.90 Å². The second kappa shape index (κ2) is 7.24. The van der Waals surface area contributed by atoms with Crippen LogP contribution in [0.5, 0.6) is 0 Å². The van der Waals surface area contributed by atoms with Gasteiger partial charge in [-0.25, -0.2) is 0 Å². The maximum Gasteiger partial charge on any atom is 0.0450 e. The van der Waals surface area contributed by atoms with Gasteiger partial charge in [0.1, 0.15) is 0 Å². The second-order valence-corrected chi connectivity index (χ2v) is 6.30. The monoisotopic (exact) mass is 274 g/mol. The Bertz CT molecular complexity index is 394. The molecule has 20 heavy (non-hydrogen) atoms. The van der Waals surface area contributed by atoms with E-state index in [4.69, 9.17) is 5.73 Å². The van der Waals surface area contributed by atoms with Crippen LogP contribution in [-0.4, -0.2) is 24.0 Å². The van der Waals surface area contributed by atoms with Gasteiger partial charge in [-0.2, -0.15) is 0 Å². The molecule has 0 bridgehead atoms. The van der Waals surface area contributed by atoms with E-state index in [1.165, 1.54) is 43.5 Å². The molecule has 0 saturated heterocycles. The molecule has 1 saturated carbocycles. The van der Waals surface area contributed by atoms with E-state index >= 15 is 0 Å². The fraction of sp³-hybridized carbons (Fsp3) is 0.667. The van der Waals surface area contributed by atoms with Crippen molar-refractivity contribution in [2.75, 3.05) is 13.1 Å². The molecular formula is C18H30N2. The molecule has 1 aromatic rings. The van der Waals surface area contributed by atoms with Gasteiger partial charge in [0.05, 0.1) is 0 Å². The van der Waals surface area contributed by atoms with E-state index in [0.717, 1.165) is 12.3 Å². The van der Waals surface area contributed by atoms with Crippen molar-refractivity contribution in [3.63, 3.8) is 0 Å².